The third-order valence-electron chi connectivity index (χ3n) is 3.28. The van der Waals surface area contributed by atoms with Crippen molar-refractivity contribution in [1.29, 1.82) is 0 Å². The van der Waals surface area contributed by atoms with Gasteiger partial charge in [-0.05, 0) is 41.5 Å². The summed E-state index contributed by atoms with van der Waals surface area (Å²) < 4.78 is 0. The van der Waals surface area contributed by atoms with E-state index in [0.29, 0.717) is 0 Å². The van der Waals surface area contributed by atoms with Gasteiger partial charge in [-0.3, -0.25) is 0 Å². The molecule has 18 heavy (non-hydrogen) atoms. The van der Waals surface area contributed by atoms with Gasteiger partial charge in [0.25, 0.3) is 0 Å². The fraction of sp³-hybridized carbons (Fsp3) is 0.235. The lowest BCUT2D eigenvalue weighted by Crippen LogP contribution is -2.18. The van der Waals surface area contributed by atoms with E-state index < -0.39 is 0 Å². The quantitative estimate of drug-likeness (QED) is 0.718. The highest BCUT2D eigenvalue weighted by Gasteiger charge is 2.20. The maximum absolute atomic E-state index is 5.89. The largest absolute Gasteiger partial charge is 0.0843 e. The SMILES string of the molecule is CC(C)([CH]Cc1ccc(Cl)cc1)c1ccccc1. The normalized spacial score (nSPS) is 11.5. The Balaban J connectivity index is 2.03. The number of benzene rings is 2. The molecule has 0 saturated carbocycles. The Kier molecular flexibility index (Phi) is 4.08. The van der Waals surface area contributed by atoms with Crippen LogP contribution < -0.4 is 0 Å². The van der Waals surface area contributed by atoms with Crippen LogP contribution in [0, 0.1) is 6.42 Å². The maximum Gasteiger partial charge on any atom is 0.0406 e. The molecule has 0 unspecified atom stereocenters. The van der Waals surface area contributed by atoms with Crippen LogP contribution in [-0.4, -0.2) is 0 Å². The van der Waals surface area contributed by atoms with Crippen molar-refractivity contribution in [2.45, 2.75) is 25.7 Å². The molecular weight excluding hydrogens is 240 g/mol. The van der Waals surface area contributed by atoms with Gasteiger partial charge < -0.3 is 0 Å². The minimum Gasteiger partial charge on any atom is -0.0843 e. The van der Waals surface area contributed by atoms with Crippen molar-refractivity contribution >= 4 is 11.6 Å². The summed E-state index contributed by atoms with van der Waals surface area (Å²) in [6, 6.07) is 18.6. The predicted molar refractivity (Wildman–Crippen MR) is 78.9 cm³/mol. The first kappa shape index (κ1) is 13.2. The van der Waals surface area contributed by atoms with Crippen LogP contribution in [0.2, 0.25) is 5.02 Å². The number of hydrogen-bond acceptors (Lipinski definition) is 0. The van der Waals surface area contributed by atoms with Crippen LogP contribution in [0.15, 0.2) is 54.6 Å². The summed E-state index contributed by atoms with van der Waals surface area (Å²) in [4.78, 5) is 0. The highest BCUT2D eigenvalue weighted by atomic mass is 35.5. The fourth-order valence-electron chi connectivity index (χ4n) is 1.98. The molecule has 0 amide bonds. The molecule has 0 aromatic heterocycles. The van der Waals surface area contributed by atoms with Crippen LogP contribution in [0.5, 0.6) is 0 Å². The van der Waals surface area contributed by atoms with Gasteiger partial charge in [-0.1, -0.05) is 67.9 Å². The molecule has 0 spiro atoms. The van der Waals surface area contributed by atoms with Crippen molar-refractivity contribution in [3.63, 3.8) is 0 Å². The van der Waals surface area contributed by atoms with E-state index in [4.69, 9.17) is 11.6 Å². The van der Waals surface area contributed by atoms with Gasteiger partial charge in [0.2, 0.25) is 0 Å². The van der Waals surface area contributed by atoms with Gasteiger partial charge in [0.1, 0.15) is 0 Å². The summed E-state index contributed by atoms with van der Waals surface area (Å²) in [6.45, 7) is 4.50. The number of rotatable bonds is 4. The summed E-state index contributed by atoms with van der Waals surface area (Å²) >= 11 is 5.89. The molecule has 0 fully saturated rings. The molecule has 2 rings (SSSR count). The second-order valence-corrected chi connectivity index (χ2v) is 5.56. The fourth-order valence-corrected chi connectivity index (χ4v) is 2.11. The van der Waals surface area contributed by atoms with Crippen LogP contribution in [-0.2, 0) is 11.8 Å². The standard InChI is InChI=1S/C17H18Cl/c1-17(2,15-6-4-3-5-7-15)13-12-14-8-10-16(18)11-9-14/h3-11,13H,12H2,1-2H3. The Bertz CT molecular complexity index is 483. The summed E-state index contributed by atoms with van der Waals surface area (Å²) in [6.07, 6.45) is 3.31. The summed E-state index contributed by atoms with van der Waals surface area (Å²) in [7, 11) is 0. The van der Waals surface area contributed by atoms with Gasteiger partial charge in [-0.2, -0.15) is 0 Å². The van der Waals surface area contributed by atoms with Crippen LogP contribution in [0.25, 0.3) is 0 Å². The lowest BCUT2D eigenvalue weighted by atomic mass is 9.80. The zero-order chi connectivity index (χ0) is 13.0. The van der Waals surface area contributed by atoms with Crippen LogP contribution in [0.4, 0.5) is 0 Å². The lowest BCUT2D eigenvalue weighted by Gasteiger charge is -2.25. The molecule has 1 heteroatoms. The molecule has 1 radical (unpaired) electrons. The van der Waals surface area contributed by atoms with E-state index in [9.17, 15) is 0 Å². The van der Waals surface area contributed by atoms with Gasteiger partial charge in [-0.25, -0.2) is 0 Å². The second kappa shape index (κ2) is 5.58. The molecule has 0 N–H and O–H groups in total. The zero-order valence-corrected chi connectivity index (χ0v) is 11.6. The van der Waals surface area contributed by atoms with E-state index in [2.05, 4.69) is 62.7 Å². The van der Waals surface area contributed by atoms with Gasteiger partial charge >= 0.3 is 0 Å². The third-order valence-corrected chi connectivity index (χ3v) is 3.53. The molecule has 2 aromatic rings. The molecule has 93 valence electrons. The van der Waals surface area contributed by atoms with E-state index in [1.807, 2.05) is 12.1 Å². The van der Waals surface area contributed by atoms with Crippen LogP contribution >= 0.6 is 11.6 Å². The summed E-state index contributed by atoms with van der Waals surface area (Å²) in [5, 5.41) is 0.793. The molecule has 0 saturated heterocycles. The van der Waals surface area contributed by atoms with Gasteiger partial charge in [0.05, 0.1) is 0 Å². The summed E-state index contributed by atoms with van der Waals surface area (Å²) in [5.41, 5.74) is 2.73. The molecule has 2 aromatic carbocycles. The number of hydrogen-bond donors (Lipinski definition) is 0. The molecule has 0 aliphatic carbocycles. The lowest BCUT2D eigenvalue weighted by molar-refractivity contribution is 0.598. The van der Waals surface area contributed by atoms with Crippen LogP contribution in [0.3, 0.4) is 0 Å². The first-order valence-corrected chi connectivity index (χ1v) is 6.60. The minimum absolute atomic E-state index is 0.0842. The Labute approximate surface area is 115 Å². The van der Waals surface area contributed by atoms with E-state index in [1.54, 1.807) is 0 Å². The van der Waals surface area contributed by atoms with Crippen molar-refractivity contribution in [1.82, 2.24) is 0 Å². The van der Waals surface area contributed by atoms with E-state index in [0.717, 1.165) is 11.4 Å². The van der Waals surface area contributed by atoms with Crippen molar-refractivity contribution in [2.75, 3.05) is 0 Å². The molecule has 0 aliphatic heterocycles. The first-order chi connectivity index (χ1) is 8.58. The van der Waals surface area contributed by atoms with E-state index in [-0.39, 0.29) is 5.41 Å². The predicted octanol–water partition coefficient (Wildman–Crippen LogP) is 5.06. The van der Waals surface area contributed by atoms with Crippen molar-refractivity contribution in [3.05, 3.63) is 77.2 Å². The topological polar surface area (TPSA) is 0 Å². The van der Waals surface area contributed by atoms with E-state index >= 15 is 0 Å². The average molecular weight is 258 g/mol. The smallest absolute Gasteiger partial charge is 0.0406 e. The Hall–Kier alpha value is -1.27. The van der Waals surface area contributed by atoms with E-state index in [1.165, 1.54) is 11.1 Å². The zero-order valence-electron chi connectivity index (χ0n) is 10.9. The van der Waals surface area contributed by atoms with Gasteiger partial charge in [0.15, 0.2) is 0 Å². The molecular formula is C17H18Cl. The Morgan fingerprint density at radius 1 is 0.944 bits per heavy atom. The Morgan fingerprint density at radius 3 is 2.17 bits per heavy atom. The van der Waals surface area contributed by atoms with Crippen molar-refractivity contribution < 1.29 is 0 Å². The molecule has 0 aliphatic rings. The molecule has 0 nitrogen and oxygen atoms in total. The maximum atomic E-state index is 5.89. The molecule has 0 atom stereocenters. The highest BCUT2D eigenvalue weighted by molar-refractivity contribution is 6.30. The minimum atomic E-state index is 0.0842. The average Bonchev–Trinajstić information content (AvgIpc) is 2.39. The first-order valence-electron chi connectivity index (χ1n) is 6.22. The van der Waals surface area contributed by atoms with Crippen LogP contribution in [0.1, 0.15) is 25.0 Å². The van der Waals surface area contributed by atoms with Gasteiger partial charge in [0, 0.05) is 5.02 Å². The molecule has 0 heterocycles. The Morgan fingerprint density at radius 2 is 1.56 bits per heavy atom. The third kappa shape index (κ3) is 3.36. The monoisotopic (exact) mass is 257 g/mol. The van der Waals surface area contributed by atoms with Gasteiger partial charge in [-0.15, -0.1) is 0 Å². The highest BCUT2D eigenvalue weighted by Crippen LogP contribution is 2.27. The molecule has 0 bridgehead atoms. The summed E-state index contributed by atoms with van der Waals surface area (Å²) in [5.74, 6) is 0. The second-order valence-electron chi connectivity index (χ2n) is 5.12. The number of halogens is 1. The van der Waals surface area contributed by atoms with Crippen molar-refractivity contribution in [2.24, 2.45) is 0 Å². The van der Waals surface area contributed by atoms with Crippen molar-refractivity contribution in [3.8, 4) is 0 Å².